The molecule has 2 amide bonds. The van der Waals surface area contributed by atoms with Crippen molar-refractivity contribution in [2.24, 2.45) is 0 Å². The lowest BCUT2D eigenvalue weighted by Crippen LogP contribution is -2.24. The van der Waals surface area contributed by atoms with Gasteiger partial charge in [0.05, 0.1) is 27.5 Å². The molecule has 3 rings (SSSR count). The predicted octanol–water partition coefficient (Wildman–Crippen LogP) is 6.14. The predicted molar refractivity (Wildman–Crippen MR) is 116 cm³/mol. The normalized spacial score (nSPS) is 11.9. The van der Waals surface area contributed by atoms with Gasteiger partial charge in [0.2, 0.25) is 0 Å². The highest BCUT2D eigenvalue weighted by Gasteiger charge is 2.40. The Morgan fingerprint density at radius 2 is 1.63 bits per heavy atom. The Balaban J connectivity index is 2.23. The molecular formula is C21H14Cl2F6N4O2. The van der Waals surface area contributed by atoms with E-state index in [2.05, 4.69) is 15.7 Å². The summed E-state index contributed by atoms with van der Waals surface area (Å²) in [6.45, 7) is 1.46. The van der Waals surface area contributed by atoms with Crippen LogP contribution in [-0.2, 0) is 12.4 Å². The van der Waals surface area contributed by atoms with E-state index < -0.39 is 51.8 Å². The van der Waals surface area contributed by atoms with Crippen molar-refractivity contribution in [1.29, 1.82) is 0 Å². The summed E-state index contributed by atoms with van der Waals surface area (Å²) in [5.41, 5.74) is -4.90. The molecule has 0 saturated carbocycles. The lowest BCUT2D eigenvalue weighted by molar-refractivity contribution is -0.141. The van der Waals surface area contributed by atoms with Gasteiger partial charge >= 0.3 is 12.4 Å². The fraction of sp³-hybridized carbons (Fsp3) is 0.190. The van der Waals surface area contributed by atoms with Gasteiger partial charge in [0.25, 0.3) is 11.8 Å². The van der Waals surface area contributed by atoms with Crippen LogP contribution in [0.5, 0.6) is 0 Å². The molecule has 14 heteroatoms. The maximum atomic E-state index is 13.6. The average Bonchev–Trinajstić information content (AvgIpc) is 3.19. The van der Waals surface area contributed by atoms with Gasteiger partial charge in [-0.05, 0) is 36.8 Å². The molecule has 6 nitrogen and oxygen atoms in total. The van der Waals surface area contributed by atoms with Gasteiger partial charge in [-0.25, -0.2) is 4.68 Å². The Morgan fingerprint density at radius 1 is 0.971 bits per heavy atom. The SMILES string of the molecule is CNC(=O)c1cc(Cl)cc(C)c1NC(=O)c1cc(C(F)(F)F)nn1-c1c(Cl)cccc1C(F)(F)F. The molecule has 0 atom stereocenters. The van der Waals surface area contributed by atoms with Crippen molar-refractivity contribution in [3.8, 4) is 5.69 Å². The van der Waals surface area contributed by atoms with Crippen LogP contribution in [0.4, 0.5) is 32.0 Å². The van der Waals surface area contributed by atoms with Crippen molar-refractivity contribution in [2.45, 2.75) is 19.3 Å². The van der Waals surface area contributed by atoms with E-state index in [0.29, 0.717) is 6.07 Å². The number of carbonyl (C=O) groups is 2. The number of nitrogens with one attached hydrogen (secondary N) is 2. The summed E-state index contributed by atoms with van der Waals surface area (Å²) in [6.07, 6.45) is -10.1. The minimum atomic E-state index is -5.09. The van der Waals surface area contributed by atoms with Gasteiger partial charge in [-0.1, -0.05) is 29.3 Å². The molecule has 2 aromatic carbocycles. The zero-order valence-corrected chi connectivity index (χ0v) is 19.2. The van der Waals surface area contributed by atoms with E-state index >= 15 is 0 Å². The van der Waals surface area contributed by atoms with Crippen LogP contribution in [0.15, 0.2) is 36.4 Å². The molecule has 35 heavy (non-hydrogen) atoms. The van der Waals surface area contributed by atoms with E-state index in [0.717, 1.165) is 12.1 Å². The fourth-order valence-corrected chi connectivity index (χ4v) is 3.74. The summed E-state index contributed by atoms with van der Waals surface area (Å²) in [5.74, 6) is -1.96. The molecule has 0 spiro atoms. The topological polar surface area (TPSA) is 76.0 Å². The highest BCUT2D eigenvalue weighted by Crippen LogP contribution is 2.39. The van der Waals surface area contributed by atoms with Gasteiger partial charge in [0, 0.05) is 18.1 Å². The van der Waals surface area contributed by atoms with Crippen LogP contribution >= 0.6 is 23.2 Å². The van der Waals surface area contributed by atoms with Gasteiger partial charge in [-0.15, -0.1) is 0 Å². The summed E-state index contributed by atoms with van der Waals surface area (Å²) >= 11 is 11.9. The lowest BCUT2D eigenvalue weighted by Gasteiger charge is -2.17. The Kier molecular flexibility index (Phi) is 7.09. The number of para-hydroxylation sites is 1. The van der Waals surface area contributed by atoms with Gasteiger partial charge in [0.15, 0.2) is 5.69 Å². The molecular weight excluding hydrogens is 525 g/mol. The Morgan fingerprint density at radius 3 is 2.20 bits per heavy atom. The Bertz CT molecular complexity index is 1320. The number of alkyl halides is 6. The van der Waals surface area contributed by atoms with Crippen molar-refractivity contribution in [1.82, 2.24) is 15.1 Å². The lowest BCUT2D eigenvalue weighted by atomic mass is 10.1. The standard InChI is InChI=1S/C21H14Cl2F6N4O2/c1-9-6-10(22)7-11(18(34)30-2)16(9)31-19(35)14-8-15(21(27,28)29)32-33(14)17-12(20(24,25)26)4-3-5-13(17)23/h3-8H,1-2H3,(H,30,34)(H,31,35). The monoisotopic (exact) mass is 538 g/mol. The van der Waals surface area contributed by atoms with Crippen LogP contribution in [-0.4, -0.2) is 28.6 Å². The maximum Gasteiger partial charge on any atom is 0.435 e. The van der Waals surface area contributed by atoms with Crippen LogP contribution in [0.25, 0.3) is 5.69 Å². The number of hydrogen-bond acceptors (Lipinski definition) is 3. The summed E-state index contributed by atoms with van der Waals surface area (Å²) in [7, 11) is 1.30. The third kappa shape index (κ3) is 5.38. The molecule has 0 aliphatic rings. The number of anilines is 1. The first-order valence-electron chi connectivity index (χ1n) is 9.52. The Labute approximate surface area is 203 Å². The number of benzene rings is 2. The van der Waals surface area contributed by atoms with Crippen LogP contribution in [0.2, 0.25) is 10.0 Å². The van der Waals surface area contributed by atoms with Gasteiger partial charge in [-0.2, -0.15) is 31.4 Å². The van der Waals surface area contributed by atoms with Crippen LogP contribution < -0.4 is 10.6 Å². The van der Waals surface area contributed by atoms with E-state index in [-0.39, 0.29) is 32.6 Å². The van der Waals surface area contributed by atoms with Crippen molar-refractivity contribution < 1.29 is 35.9 Å². The molecule has 3 aromatic rings. The van der Waals surface area contributed by atoms with Gasteiger partial charge < -0.3 is 10.6 Å². The van der Waals surface area contributed by atoms with Crippen LogP contribution in [0.3, 0.4) is 0 Å². The summed E-state index contributed by atoms with van der Waals surface area (Å²) in [4.78, 5) is 25.3. The van der Waals surface area contributed by atoms with Crippen molar-refractivity contribution in [2.75, 3.05) is 12.4 Å². The van der Waals surface area contributed by atoms with Crippen molar-refractivity contribution in [3.05, 3.63) is 74.5 Å². The van der Waals surface area contributed by atoms with E-state index in [1.165, 1.54) is 26.1 Å². The van der Waals surface area contributed by atoms with Crippen molar-refractivity contribution in [3.63, 3.8) is 0 Å². The zero-order chi connectivity index (χ0) is 26.3. The summed E-state index contributed by atoms with van der Waals surface area (Å²) in [6, 6.07) is 5.41. The van der Waals surface area contributed by atoms with Crippen LogP contribution in [0.1, 0.15) is 37.7 Å². The number of carbonyl (C=O) groups excluding carboxylic acids is 2. The largest absolute Gasteiger partial charge is 0.435 e. The second-order valence-corrected chi connectivity index (χ2v) is 7.98. The number of rotatable bonds is 4. The minimum Gasteiger partial charge on any atom is -0.355 e. The molecule has 1 aromatic heterocycles. The summed E-state index contributed by atoms with van der Waals surface area (Å²) in [5, 5.41) is 7.35. The fourth-order valence-electron chi connectivity index (χ4n) is 3.21. The average molecular weight is 539 g/mol. The molecule has 0 aliphatic heterocycles. The minimum absolute atomic E-state index is 0.115. The molecule has 0 saturated heterocycles. The highest BCUT2D eigenvalue weighted by molar-refractivity contribution is 6.32. The van der Waals surface area contributed by atoms with E-state index in [4.69, 9.17) is 23.2 Å². The van der Waals surface area contributed by atoms with Crippen LogP contribution in [0, 0.1) is 6.92 Å². The molecule has 0 fully saturated rings. The number of halogens is 8. The third-order valence-corrected chi connectivity index (χ3v) is 5.27. The quantitative estimate of drug-likeness (QED) is 0.392. The first kappa shape index (κ1) is 26.4. The number of amides is 2. The molecule has 0 radical (unpaired) electrons. The van der Waals surface area contributed by atoms with Crippen molar-refractivity contribution >= 4 is 40.7 Å². The van der Waals surface area contributed by atoms with Gasteiger partial charge in [0.1, 0.15) is 5.69 Å². The Hall–Kier alpha value is -3.25. The maximum absolute atomic E-state index is 13.6. The van der Waals surface area contributed by atoms with Gasteiger partial charge in [-0.3, -0.25) is 9.59 Å². The van der Waals surface area contributed by atoms with E-state index in [1.807, 2.05) is 0 Å². The smallest absolute Gasteiger partial charge is 0.355 e. The second-order valence-electron chi connectivity index (χ2n) is 7.14. The first-order valence-corrected chi connectivity index (χ1v) is 10.3. The second kappa shape index (κ2) is 9.42. The molecule has 1 heterocycles. The first-order chi connectivity index (χ1) is 16.1. The number of aromatic nitrogens is 2. The third-order valence-electron chi connectivity index (χ3n) is 4.75. The van der Waals surface area contributed by atoms with E-state index in [1.54, 1.807) is 0 Å². The summed E-state index contributed by atoms with van der Waals surface area (Å²) < 4.78 is 81.3. The van der Waals surface area contributed by atoms with E-state index in [9.17, 15) is 35.9 Å². The number of nitrogens with zero attached hydrogens (tertiary/aromatic N) is 2. The number of hydrogen-bond donors (Lipinski definition) is 2. The molecule has 2 N–H and O–H groups in total. The number of aryl methyl sites for hydroxylation is 1. The molecule has 0 aliphatic carbocycles. The molecule has 0 bridgehead atoms. The zero-order valence-electron chi connectivity index (χ0n) is 17.7. The molecule has 186 valence electrons. The highest BCUT2D eigenvalue weighted by atomic mass is 35.5. The molecule has 0 unspecified atom stereocenters.